The van der Waals surface area contributed by atoms with Crippen LogP contribution >= 0.6 is 0 Å². The Kier molecular flexibility index (Phi) is 10.8. The van der Waals surface area contributed by atoms with Crippen molar-refractivity contribution in [2.75, 3.05) is 35.0 Å². The van der Waals surface area contributed by atoms with E-state index in [2.05, 4.69) is 44.2 Å². The van der Waals surface area contributed by atoms with E-state index in [1.165, 1.54) is 12.5 Å². The van der Waals surface area contributed by atoms with Gasteiger partial charge in [-0.1, -0.05) is 13.1 Å². The third-order valence-electron chi connectivity index (χ3n) is 6.36. The lowest BCUT2D eigenvalue weighted by molar-refractivity contribution is 0.103. The maximum Gasteiger partial charge on any atom is 0.500 e. The maximum absolute atomic E-state index is 6.61. The molecule has 0 aromatic heterocycles. The van der Waals surface area contributed by atoms with Gasteiger partial charge in [-0.25, -0.2) is 0 Å². The molecule has 0 aromatic rings. The normalized spacial score (nSPS) is 24.9. The molecule has 2 radical (unpaired) electrons. The summed E-state index contributed by atoms with van der Waals surface area (Å²) in [6.45, 7) is 15.0. The third kappa shape index (κ3) is 6.56. The molecule has 1 aliphatic heterocycles. The van der Waals surface area contributed by atoms with Crippen LogP contribution in [0.3, 0.4) is 0 Å². The van der Waals surface area contributed by atoms with E-state index in [1.807, 2.05) is 7.11 Å². The van der Waals surface area contributed by atoms with Gasteiger partial charge < -0.3 is 22.1 Å². The topological polar surface area (TPSA) is 49.4 Å². The van der Waals surface area contributed by atoms with Gasteiger partial charge in [0.15, 0.2) is 0 Å². The Morgan fingerprint density at radius 1 is 1.07 bits per heavy atom. The summed E-state index contributed by atoms with van der Waals surface area (Å²) in [5.74, 6) is 0. The number of hydrogen-bond donors (Lipinski definition) is 0. The molecule has 28 heavy (non-hydrogen) atoms. The van der Waals surface area contributed by atoms with Crippen LogP contribution in [0.5, 0.6) is 0 Å². The van der Waals surface area contributed by atoms with Crippen molar-refractivity contribution in [3.63, 3.8) is 0 Å². The highest BCUT2D eigenvalue weighted by atomic mass is 28.4. The van der Waals surface area contributed by atoms with Gasteiger partial charge in [0.05, 0.1) is 8.80 Å². The lowest BCUT2D eigenvalue weighted by Gasteiger charge is -2.44. The average molecular weight is 466 g/mol. The van der Waals surface area contributed by atoms with Crippen LogP contribution in [0.4, 0.5) is 0 Å². The first-order valence-corrected chi connectivity index (χ1v) is 19.7. The summed E-state index contributed by atoms with van der Waals surface area (Å²) in [5.41, 5.74) is 0. The molecule has 0 aromatic carbocycles. The summed E-state index contributed by atoms with van der Waals surface area (Å²) in [4.78, 5) is 0. The second-order valence-electron chi connectivity index (χ2n) is 8.61. The summed E-state index contributed by atoms with van der Waals surface area (Å²) in [6, 6.07) is 2.41. The van der Waals surface area contributed by atoms with Gasteiger partial charge in [0, 0.05) is 45.7 Å². The Morgan fingerprint density at radius 3 is 2.07 bits per heavy atom. The first kappa shape index (κ1) is 26.7. The minimum atomic E-state index is -2.60. The van der Waals surface area contributed by atoms with E-state index >= 15 is 0 Å². The number of rotatable bonds is 13. The second-order valence-corrected chi connectivity index (χ2v) is 20.6. The van der Waals surface area contributed by atoms with Crippen LogP contribution in [-0.2, 0) is 22.1 Å². The van der Waals surface area contributed by atoms with Gasteiger partial charge in [0.2, 0.25) is 9.04 Å². The Balaban J connectivity index is 3.13. The van der Waals surface area contributed by atoms with Crippen LogP contribution in [0.25, 0.3) is 0 Å². The lowest BCUT2D eigenvalue weighted by Crippen LogP contribution is -2.58. The third-order valence-corrected chi connectivity index (χ3v) is 16.6. The first-order valence-electron chi connectivity index (χ1n) is 10.3. The fraction of sp³-hybridized carbons (Fsp3) is 1.00. The summed E-state index contributed by atoms with van der Waals surface area (Å²) in [6.07, 6.45) is 3.24. The molecule has 0 N–H and O–H groups in total. The molecule has 0 spiro atoms. The summed E-state index contributed by atoms with van der Waals surface area (Å²) in [7, 11) is 1.13. The van der Waals surface area contributed by atoms with E-state index < -0.39 is 35.1 Å². The summed E-state index contributed by atoms with van der Waals surface area (Å²) < 4.78 is 32.5. The molecule has 1 heterocycles. The Hall–Kier alpha value is 0.628. The van der Waals surface area contributed by atoms with Crippen molar-refractivity contribution in [1.29, 1.82) is 0 Å². The molecule has 0 amide bonds. The van der Waals surface area contributed by atoms with Crippen LogP contribution in [0.2, 0.25) is 44.8 Å². The van der Waals surface area contributed by atoms with Gasteiger partial charge in [-0.15, -0.1) is 0 Å². The first-order chi connectivity index (χ1) is 13.0. The van der Waals surface area contributed by atoms with Crippen LogP contribution in [0.1, 0.15) is 26.2 Å². The molecular formula is C18H43NO5Si4. The largest absolute Gasteiger partial charge is 0.500 e. The molecule has 0 aliphatic carbocycles. The second kappa shape index (κ2) is 11.3. The molecule has 10 heteroatoms. The molecule has 1 fully saturated rings. The zero-order valence-electron chi connectivity index (χ0n) is 19.8. The van der Waals surface area contributed by atoms with Crippen LogP contribution in [-0.4, -0.2) is 85.9 Å². The molecule has 3 unspecified atom stereocenters. The van der Waals surface area contributed by atoms with Crippen LogP contribution in [0, 0.1) is 0 Å². The Morgan fingerprint density at radius 2 is 1.64 bits per heavy atom. The van der Waals surface area contributed by atoms with Gasteiger partial charge in [-0.2, -0.15) is 0 Å². The molecule has 1 rings (SSSR count). The van der Waals surface area contributed by atoms with E-state index in [0.717, 1.165) is 25.4 Å². The minimum Gasteiger partial charge on any atom is -0.415 e. The molecule has 166 valence electrons. The van der Waals surface area contributed by atoms with Gasteiger partial charge in [-0.3, -0.25) is 4.57 Å². The van der Waals surface area contributed by atoms with E-state index in [9.17, 15) is 0 Å². The molecule has 1 saturated heterocycles. The SMILES string of the molecule is CO[Si](CCC(CC(C)(O[Si](C)C)[Si](C)C)N1CCC[Si]1(C)OC)(OC)OC. The molecule has 0 bridgehead atoms. The Labute approximate surface area is 179 Å². The van der Waals surface area contributed by atoms with Crippen LogP contribution < -0.4 is 0 Å². The van der Waals surface area contributed by atoms with Crippen LogP contribution in [0.15, 0.2) is 0 Å². The standard InChI is InChI=1S/C18H43NO5Si4/c1-18(25(6)7,24-26(8)9)16-17(12-15-28(21-3,22-4)23-5)19-13-11-14-27(19,10)20-2/h17H,11-16H2,1-10H3. The molecule has 3 atom stereocenters. The highest BCUT2D eigenvalue weighted by Gasteiger charge is 2.48. The van der Waals surface area contributed by atoms with Crippen molar-refractivity contribution >= 4 is 35.1 Å². The van der Waals surface area contributed by atoms with Crippen molar-refractivity contribution in [3.05, 3.63) is 0 Å². The highest BCUT2D eigenvalue weighted by molar-refractivity contribution is 6.70. The van der Waals surface area contributed by atoms with E-state index in [-0.39, 0.29) is 5.22 Å². The highest BCUT2D eigenvalue weighted by Crippen LogP contribution is 2.36. The number of hydrogen-bond acceptors (Lipinski definition) is 6. The predicted octanol–water partition coefficient (Wildman–Crippen LogP) is 3.76. The zero-order chi connectivity index (χ0) is 21.6. The van der Waals surface area contributed by atoms with Crippen molar-refractivity contribution < 1.29 is 22.1 Å². The number of nitrogens with zero attached hydrogens (tertiary/aromatic N) is 1. The lowest BCUT2D eigenvalue weighted by atomic mass is 10.1. The molecule has 6 nitrogen and oxygen atoms in total. The van der Waals surface area contributed by atoms with Crippen molar-refractivity contribution in [2.45, 2.75) is 82.3 Å². The fourth-order valence-electron chi connectivity index (χ4n) is 4.26. The Bertz CT molecular complexity index is 461. The van der Waals surface area contributed by atoms with Gasteiger partial charge in [0.25, 0.3) is 8.48 Å². The smallest absolute Gasteiger partial charge is 0.415 e. The quantitative estimate of drug-likeness (QED) is 0.386. The van der Waals surface area contributed by atoms with Crippen molar-refractivity contribution in [2.24, 2.45) is 0 Å². The molecule has 1 aliphatic rings. The van der Waals surface area contributed by atoms with Crippen molar-refractivity contribution in [3.8, 4) is 0 Å². The van der Waals surface area contributed by atoms with Crippen molar-refractivity contribution in [1.82, 2.24) is 4.57 Å². The molecular weight excluding hydrogens is 423 g/mol. The van der Waals surface area contributed by atoms with Gasteiger partial charge >= 0.3 is 8.80 Å². The maximum atomic E-state index is 6.61. The average Bonchev–Trinajstić information content (AvgIpc) is 3.03. The van der Waals surface area contributed by atoms with E-state index in [1.54, 1.807) is 21.3 Å². The monoisotopic (exact) mass is 465 g/mol. The van der Waals surface area contributed by atoms with Gasteiger partial charge in [-0.05, 0) is 58.4 Å². The summed E-state index contributed by atoms with van der Waals surface area (Å²) >= 11 is 0. The van der Waals surface area contributed by atoms with E-state index in [4.69, 9.17) is 22.1 Å². The molecule has 0 saturated carbocycles. The van der Waals surface area contributed by atoms with Gasteiger partial charge in [0.1, 0.15) is 0 Å². The summed E-state index contributed by atoms with van der Waals surface area (Å²) in [5, 5.41) is -0.0454. The zero-order valence-corrected chi connectivity index (χ0v) is 23.8. The van der Waals surface area contributed by atoms with E-state index in [0.29, 0.717) is 6.04 Å². The predicted molar refractivity (Wildman–Crippen MR) is 124 cm³/mol. The minimum absolute atomic E-state index is 0.0454. The fourth-order valence-corrected chi connectivity index (χ4v) is 12.3.